The molecule has 0 saturated carbocycles. The van der Waals surface area contributed by atoms with Crippen LogP contribution in [0.3, 0.4) is 0 Å². The maximum Gasteiger partial charge on any atom is 0.338 e. The van der Waals surface area contributed by atoms with Crippen molar-refractivity contribution in [2.24, 2.45) is 0 Å². The van der Waals surface area contributed by atoms with Gasteiger partial charge in [0, 0.05) is 18.8 Å². The monoisotopic (exact) mass is 471 g/mol. The second-order valence-corrected chi connectivity index (χ2v) is 10.1. The maximum atomic E-state index is 12.5. The number of anilines is 3. The molecule has 1 aliphatic rings. The number of esters is 1. The highest BCUT2D eigenvalue weighted by Gasteiger charge is 2.27. The summed E-state index contributed by atoms with van der Waals surface area (Å²) in [5.74, 6) is -0.693. The summed E-state index contributed by atoms with van der Waals surface area (Å²) in [4.78, 5) is 30.6. The highest BCUT2D eigenvalue weighted by Crippen LogP contribution is 2.31. The third-order valence-electron chi connectivity index (χ3n) is 4.98. The number of thiazole rings is 1. The Hall–Kier alpha value is -3.24. The van der Waals surface area contributed by atoms with Crippen molar-refractivity contribution in [2.45, 2.75) is 20.0 Å². The zero-order chi connectivity index (χ0) is 22.9. The first-order valence-corrected chi connectivity index (χ1v) is 12.5. The van der Waals surface area contributed by atoms with Gasteiger partial charge in [0.05, 0.1) is 28.9 Å². The molecule has 1 aromatic heterocycles. The molecule has 0 unspecified atom stereocenters. The summed E-state index contributed by atoms with van der Waals surface area (Å²) in [5, 5.41) is 2.24. The SMILES string of the molecule is CC(=O)N(c1ccccc1)c1nc(COC(=O)c2ccc3c(c2)CCN3S(C)(=O)=O)cs1. The molecule has 0 aliphatic carbocycles. The topological polar surface area (TPSA) is 96.9 Å². The van der Waals surface area contributed by atoms with Crippen LogP contribution in [-0.4, -0.2) is 38.1 Å². The molecule has 0 N–H and O–H groups in total. The van der Waals surface area contributed by atoms with Crippen molar-refractivity contribution in [2.75, 3.05) is 22.0 Å². The standard InChI is InChI=1S/C22H21N3O5S2/c1-15(26)25(19-6-4-3-5-7-19)22-23-18(14-31-22)13-30-21(27)17-8-9-20-16(12-17)10-11-24(20)32(2,28)29/h3-9,12,14H,10-11,13H2,1-2H3. The summed E-state index contributed by atoms with van der Waals surface area (Å²) in [6.07, 6.45) is 1.71. The van der Waals surface area contributed by atoms with Crippen molar-refractivity contribution < 1.29 is 22.7 Å². The van der Waals surface area contributed by atoms with Crippen molar-refractivity contribution in [1.82, 2.24) is 4.98 Å². The van der Waals surface area contributed by atoms with E-state index in [1.165, 1.54) is 27.5 Å². The summed E-state index contributed by atoms with van der Waals surface area (Å²) in [5.41, 5.74) is 2.98. The van der Waals surface area contributed by atoms with Crippen LogP contribution in [0.5, 0.6) is 0 Å². The van der Waals surface area contributed by atoms with Crippen molar-refractivity contribution in [3.8, 4) is 0 Å². The number of carbonyl (C=O) groups is 2. The van der Waals surface area contributed by atoms with Crippen LogP contribution in [-0.2, 0) is 32.6 Å². The largest absolute Gasteiger partial charge is 0.456 e. The van der Waals surface area contributed by atoms with Crippen LogP contribution in [0.2, 0.25) is 0 Å². The predicted molar refractivity (Wildman–Crippen MR) is 123 cm³/mol. The van der Waals surface area contributed by atoms with Crippen LogP contribution in [0, 0.1) is 0 Å². The number of ether oxygens (including phenoxy) is 1. The second kappa shape index (κ2) is 8.71. The van der Waals surface area contributed by atoms with Gasteiger partial charge in [0.25, 0.3) is 0 Å². The van der Waals surface area contributed by atoms with E-state index in [4.69, 9.17) is 4.74 Å². The third kappa shape index (κ3) is 4.51. The van der Waals surface area contributed by atoms with Gasteiger partial charge >= 0.3 is 5.97 Å². The highest BCUT2D eigenvalue weighted by molar-refractivity contribution is 7.92. The van der Waals surface area contributed by atoms with E-state index < -0.39 is 16.0 Å². The fourth-order valence-corrected chi connectivity index (χ4v) is 5.36. The number of nitrogens with zero attached hydrogens (tertiary/aromatic N) is 3. The summed E-state index contributed by atoms with van der Waals surface area (Å²) < 4.78 is 30.5. The van der Waals surface area contributed by atoms with E-state index >= 15 is 0 Å². The molecule has 1 aliphatic heterocycles. The molecule has 4 rings (SSSR count). The quantitative estimate of drug-likeness (QED) is 0.511. The normalized spacial score (nSPS) is 13.0. The van der Waals surface area contributed by atoms with Crippen molar-refractivity contribution in [3.63, 3.8) is 0 Å². The van der Waals surface area contributed by atoms with Crippen LogP contribution in [0.1, 0.15) is 28.5 Å². The van der Waals surface area contributed by atoms with Crippen LogP contribution < -0.4 is 9.21 Å². The Morgan fingerprint density at radius 2 is 1.94 bits per heavy atom. The number of amides is 1. The lowest BCUT2D eigenvalue weighted by atomic mass is 10.1. The molecule has 2 heterocycles. The Morgan fingerprint density at radius 1 is 1.19 bits per heavy atom. The van der Waals surface area contributed by atoms with Crippen LogP contribution in [0.25, 0.3) is 0 Å². The molecule has 32 heavy (non-hydrogen) atoms. The van der Waals surface area contributed by atoms with Crippen LogP contribution in [0.4, 0.5) is 16.5 Å². The molecule has 0 radical (unpaired) electrons. The number of para-hydroxylation sites is 1. The number of carbonyl (C=O) groups excluding carboxylic acids is 2. The molecule has 1 amide bonds. The first-order chi connectivity index (χ1) is 15.2. The third-order valence-corrected chi connectivity index (χ3v) is 7.03. The molecule has 0 fully saturated rings. The smallest absolute Gasteiger partial charge is 0.338 e. The number of benzene rings is 2. The number of hydrogen-bond acceptors (Lipinski definition) is 7. The Morgan fingerprint density at radius 3 is 2.62 bits per heavy atom. The Labute approximate surface area is 190 Å². The van der Waals surface area contributed by atoms with Crippen LogP contribution in [0.15, 0.2) is 53.9 Å². The first-order valence-electron chi connectivity index (χ1n) is 9.82. The van der Waals surface area contributed by atoms with E-state index in [0.29, 0.717) is 40.7 Å². The van der Waals surface area contributed by atoms with Crippen LogP contribution >= 0.6 is 11.3 Å². The van der Waals surface area contributed by atoms with Gasteiger partial charge in [0.2, 0.25) is 15.9 Å². The van der Waals surface area contributed by atoms with Gasteiger partial charge in [0.15, 0.2) is 5.13 Å². The molecule has 8 nitrogen and oxygen atoms in total. The molecule has 166 valence electrons. The summed E-state index contributed by atoms with van der Waals surface area (Å²) in [7, 11) is -3.34. The van der Waals surface area contributed by atoms with Gasteiger partial charge in [-0.3, -0.25) is 14.0 Å². The minimum atomic E-state index is -3.34. The molecule has 0 spiro atoms. The minimum absolute atomic E-state index is 0.0393. The van der Waals surface area contributed by atoms with Crippen molar-refractivity contribution >= 4 is 49.7 Å². The van der Waals surface area contributed by atoms with E-state index in [9.17, 15) is 18.0 Å². The number of fused-ring (bicyclic) bond motifs is 1. The second-order valence-electron chi connectivity index (χ2n) is 7.32. The molecular weight excluding hydrogens is 450 g/mol. The zero-order valence-corrected chi connectivity index (χ0v) is 19.1. The number of rotatable bonds is 6. The summed E-state index contributed by atoms with van der Waals surface area (Å²) in [6, 6.07) is 14.0. The minimum Gasteiger partial charge on any atom is -0.456 e. The molecular formula is C22H21N3O5S2. The van der Waals surface area contributed by atoms with Gasteiger partial charge in [-0.25, -0.2) is 18.2 Å². The summed E-state index contributed by atoms with van der Waals surface area (Å²) in [6.45, 7) is 1.79. The highest BCUT2D eigenvalue weighted by atomic mass is 32.2. The van der Waals surface area contributed by atoms with Gasteiger partial charge in [-0.05, 0) is 42.3 Å². The number of hydrogen-bond donors (Lipinski definition) is 0. The van der Waals surface area contributed by atoms with Gasteiger partial charge in [-0.1, -0.05) is 18.2 Å². The van der Waals surface area contributed by atoms with E-state index in [0.717, 1.165) is 11.8 Å². The average Bonchev–Trinajstić information content (AvgIpc) is 3.39. The van der Waals surface area contributed by atoms with E-state index in [2.05, 4.69) is 4.98 Å². The Bertz CT molecular complexity index is 1270. The van der Waals surface area contributed by atoms with Crippen molar-refractivity contribution in [1.29, 1.82) is 0 Å². The number of sulfonamides is 1. The maximum absolute atomic E-state index is 12.5. The summed E-state index contributed by atoms with van der Waals surface area (Å²) >= 11 is 1.29. The molecule has 0 atom stereocenters. The molecule has 3 aromatic rings. The number of aromatic nitrogens is 1. The Kier molecular flexibility index (Phi) is 5.98. The lowest BCUT2D eigenvalue weighted by molar-refractivity contribution is -0.115. The predicted octanol–water partition coefficient (Wildman–Crippen LogP) is 3.51. The van der Waals surface area contributed by atoms with Crippen molar-refractivity contribution in [3.05, 3.63) is 70.7 Å². The first kappa shape index (κ1) is 22.0. The zero-order valence-electron chi connectivity index (χ0n) is 17.5. The van der Waals surface area contributed by atoms with E-state index in [1.807, 2.05) is 30.3 Å². The van der Waals surface area contributed by atoms with Gasteiger partial charge in [0.1, 0.15) is 6.61 Å². The lowest BCUT2D eigenvalue weighted by Gasteiger charge is -2.17. The molecule has 0 bridgehead atoms. The molecule has 2 aromatic carbocycles. The fourth-order valence-electron chi connectivity index (χ4n) is 3.54. The van der Waals surface area contributed by atoms with E-state index in [-0.39, 0.29) is 12.5 Å². The molecule has 10 heteroatoms. The van der Waals surface area contributed by atoms with Gasteiger partial charge in [-0.2, -0.15) is 0 Å². The fraction of sp³-hybridized carbons (Fsp3) is 0.227. The lowest BCUT2D eigenvalue weighted by Crippen LogP contribution is -2.27. The van der Waals surface area contributed by atoms with Gasteiger partial charge < -0.3 is 4.74 Å². The average molecular weight is 472 g/mol. The molecule has 0 saturated heterocycles. The van der Waals surface area contributed by atoms with Gasteiger partial charge in [-0.15, -0.1) is 11.3 Å². The Balaban J connectivity index is 1.44. The van der Waals surface area contributed by atoms with E-state index in [1.54, 1.807) is 23.6 Å².